The van der Waals surface area contributed by atoms with Gasteiger partial charge in [-0.2, -0.15) is 0 Å². The topological polar surface area (TPSA) is 38.0 Å². The highest BCUT2D eigenvalue weighted by Crippen LogP contribution is 2.33. The van der Waals surface area contributed by atoms with E-state index in [4.69, 9.17) is 0 Å². The van der Waals surface area contributed by atoms with E-state index in [1.165, 1.54) is 5.69 Å². The van der Waals surface area contributed by atoms with E-state index in [2.05, 4.69) is 23.4 Å². The van der Waals surface area contributed by atoms with Gasteiger partial charge in [0, 0.05) is 5.69 Å². The van der Waals surface area contributed by atoms with Crippen molar-refractivity contribution >= 4 is 0 Å². The van der Waals surface area contributed by atoms with Crippen LogP contribution in [0.5, 0.6) is 0 Å². The molecular weight excluding hydrogens is 188 g/mol. The molecule has 3 atom stereocenters. The molecule has 84 valence electrons. The van der Waals surface area contributed by atoms with Gasteiger partial charge in [-0.3, -0.25) is 0 Å². The molecule has 1 N–H and O–H groups in total. The minimum absolute atomic E-state index is 0.200. The van der Waals surface area contributed by atoms with E-state index in [0.29, 0.717) is 5.92 Å². The lowest BCUT2D eigenvalue weighted by Gasteiger charge is -2.33. The van der Waals surface area contributed by atoms with Crippen molar-refractivity contribution in [2.24, 2.45) is 5.92 Å². The lowest BCUT2D eigenvalue weighted by atomic mass is 9.85. The average Bonchev–Trinajstić information content (AvgIpc) is 2.52. The Hall–Kier alpha value is -0.830. The van der Waals surface area contributed by atoms with Gasteiger partial charge in [-0.25, -0.2) is 4.98 Å². The number of hydrogen-bond donors (Lipinski definition) is 1. The molecule has 1 aromatic heterocycles. The number of aliphatic hydroxyl groups excluding tert-OH is 1. The Morgan fingerprint density at radius 3 is 2.73 bits per heavy atom. The molecule has 1 fully saturated rings. The van der Waals surface area contributed by atoms with Crippen molar-refractivity contribution in [1.29, 1.82) is 0 Å². The molecule has 1 aromatic rings. The lowest BCUT2D eigenvalue weighted by molar-refractivity contribution is 0.0568. The molecule has 15 heavy (non-hydrogen) atoms. The molecule has 1 heterocycles. The Bertz CT molecular complexity index is 345. The number of imidazole rings is 1. The summed E-state index contributed by atoms with van der Waals surface area (Å²) in [6.07, 6.45) is 4.80. The minimum atomic E-state index is -0.200. The van der Waals surface area contributed by atoms with Crippen LogP contribution in [-0.2, 0) is 0 Å². The number of aryl methyl sites for hydroxylation is 1. The summed E-state index contributed by atoms with van der Waals surface area (Å²) < 4.78 is 2.15. The van der Waals surface area contributed by atoms with E-state index in [-0.39, 0.29) is 12.1 Å². The first-order valence-corrected chi connectivity index (χ1v) is 5.77. The summed E-state index contributed by atoms with van der Waals surface area (Å²) in [6.45, 7) is 6.36. The van der Waals surface area contributed by atoms with Crippen LogP contribution in [0.2, 0.25) is 0 Å². The summed E-state index contributed by atoms with van der Waals surface area (Å²) in [7, 11) is 0. The molecule has 3 unspecified atom stereocenters. The van der Waals surface area contributed by atoms with Gasteiger partial charge in [0.15, 0.2) is 0 Å². The van der Waals surface area contributed by atoms with Gasteiger partial charge in [-0.15, -0.1) is 0 Å². The van der Waals surface area contributed by atoms with Crippen LogP contribution in [0.15, 0.2) is 6.33 Å². The van der Waals surface area contributed by atoms with Gasteiger partial charge in [0.25, 0.3) is 0 Å². The van der Waals surface area contributed by atoms with Crippen LogP contribution in [0, 0.1) is 19.8 Å². The van der Waals surface area contributed by atoms with Gasteiger partial charge >= 0.3 is 0 Å². The second-order valence-corrected chi connectivity index (χ2v) is 4.88. The minimum Gasteiger partial charge on any atom is -0.391 e. The maximum Gasteiger partial charge on any atom is 0.0954 e. The van der Waals surface area contributed by atoms with Crippen molar-refractivity contribution in [1.82, 2.24) is 9.55 Å². The van der Waals surface area contributed by atoms with E-state index in [1.807, 2.05) is 13.3 Å². The molecule has 2 rings (SSSR count). The molecule has 3 nitrogen and oxygen atoms in total. The second-order valence-electron chi connectivity index (χ2n) is 4.88. The molecule has 0 amide bonds. The Balaban J connectivity index is 2.25. The van der Waals surface area contributed by atoms with Crippen molar-refractivity contribution < 1.29 is 5.11 Å². The van der Waals surface area contributed by atoms with Gasteiger partial charge in [0.05, 0.1) is 24.2 Å². The molecule has 1 saturated carbocycles. The largest absolute Gasteiger partial charge is 0.391 e. The zero-order valence-electron chi connectivity index (χ0n) is 9.77. The number of nitrogens with zero attached hydrogens (tertiary/aromatic N) is 2. The fraction of sp³-hybridized carbons (Fsp3) is 0.750. The molecular formula is C12H20N2O. The first-order chi connectivity index (χ1) is 7.09. The predicted octanol–water partition coefficient (Wildman–Crippen LogP) is 2.22. The second kappa shape index (κ2) is 3.97. The van der Waals surface area contributed by atoms with Crippen LogP contribution >= 0.6 is 0 Å². The van der Waals surface area contributed by atoms with Crippen molar-refractivity contribution in [2.75, 3.05) is 0 Å². The van der Waals surface area contributed by atoms with Gasteiger partial charge in [-0.1, -0.05) is 6.92 Å². The van der Waals surface area contributed by atoms with E-state index in [1.54, 1.807) is 0 Å². The van der Waals surface area contributed by atoms with Crippen molar-refractivity contribution in [3.8, 4) is 0 Å². The highest BCUT2D eigenvalue weighted by molar-refractivity contribution is 5.10. The molecule has 3 heteroatoms. The van der Waals surface area contributed by atoms with E-state index >= 15 is 0 Å². The zero-order valence-corrected chi connectivity index (χ0v) is 9.77. The third-order valence-corrected chi connectivity index (χ3v) is 3.69. The van der Waals surface area contributed by atoms with Crippen LogP contribution in [0.1, 0.15) is 43.6 Å². The van der Waals surface area contributed by atoms with Crippen molar-refractivity contribution in [3.05, 3.63) is 17.7 Å². The van der Waals surface area contributed by atoms with Crippen molar-refractivity contribution in [2.45, 2.75) is 52.2 Å². The SMILES string of the molecule is Cc1ncn(C2CC(C)CCC2O)c1C. The molecule has 0 bridgehead atoms. The summed E-state index contributed by atoms with van der Waals surface area (Å²) in [5.74, 6) is 0.709. The molecule has 0 radical (unpaired) electrons. The monoisotopic (exact) mass is 208 g/mol. The molecule has 0 saturated heterocycles. The van der Waals surface area contributed by atoms with Crippen LogP contribution in [0.3, 0.4) is 0 Å². The fourth-order valence-electron chi connectivity index (χ4n) is 2.48. The molecule has 1 aliphatic carbocycles. The summed E-state index contributed by atoms with van der Waals surface area (Å²) in [5.41, 5.74) is 2.26. The highest BCUT2D eigenvalue weighted by atomic mass is 16.3. The predicted molar refractivity (Wildman–Crippen MR) is 59.8 cm³/mol. The zero-order chi connectivity index (χ0) is 11.0. The molecule has 0 aliphatic heterocycles. The number of aromatic nitrogens is 2. The third kappa shape index (κ3) is 1.93. The van der Waals surface area contributed by atoms with Gasteiger partial charge < -0.3 is 9.67 Å². The van der Waals surface area contributed by atoms with Crippen LogP contribution < -0.4 is 0 Å². The fourth-order valence-corrected chi connectivity index (χ4v) is 2.48. The van der Waals surface area contributed by atoms with E-state index < -0.39 is 0 Å². The summed E-state index contributed by atoms with van der Waals surface area (Å²) in [5, 5.41) is 10.0. The summed E-state index contributed by atoms with van der Waals surface area (Å²) in [6, 6.07) is 0.231. The van der Waals surface area contributed by atoms with Gasteiger partial charge in [0.2, 0.25) is 0 Å². The maximum absolute atomic E-state index is 10.0. The van der Waals surface area contributed by atoms with Crippen LogP contribution in [0.4, 0.5) is 0 Å². The quantitative estimate of drug-likeness (QED) is 0.768. The van der Waals surface area contributed by atoms with Crippen LogP contribution in [0.25, 0.3) is 0 Å². The smallest absolute Gasteiger partial charge is 0.0954 e. The van der Waals surface area contributed by atoms with Gasteiger partial charge in [0.1, 0.15) is 0 Å². The average molecular weight is 208 g/mol. The normalized spacial score (nSPS) is 31.9. The highest BCUT2D eigenvalue weighted by Gasteiger charge is 2.29. The van der Waals surface area contributed by atoms with Gasteiger partial charge in [-0.05, 0) is 39.0 Å². The maximum atomic E-state index is 10.0. The summed E-state index contributed by atoms with van der Waals surface area (Å²) >= 11 is 0. The van der Waals surface area contributed by atoms with E-state index in [0.717, 1.165) is 25.0 Å². The molecule has 0 aromatic carbocycles. The molecule has 0 spiro atoms. The summed E-state index contributed by atoms with van der Waals surface area (Å²) in [4.78, 5) is 4.30. The Labute approximate surface area is 91.1 Å². The number of aliphatic hydroxyl groups is 1. The van der Waals surface area contributed by atoms with Crippen molar-refractivity contribution in [3.63, 3.8) is 0 Å². The Kier molecular flexibility index (Phi) is 2.83. The first-order valence-electron chi connectivity index (χ1n) is 5.77. The third-order valence-electron chi connectivity index (χ3n) is 3.69. The lowest BCUT2D eigenvalue weighted by Crippen LogP contribution is -2.31. The Morgan fingerprint density at radius 2 is 2.13 bits per heavy atom. The standard InChI is InChI=1S/C12H20N2O/c1-8-4-5-12(15)11(6-8)14-7-13-9(2)10(14)3/h7-8,11-12,15H,4-6H2,1-3H3. The molecule has 1 aliphatic rings. The Morgan fingerprint density at radius 1 is 1.40 bits per heavy atom. The number of rotatable bonds is 1. The first kappa shape index (κ1) is 10.7. The number of hydrogen-bond acceptors (Lipinski definition) is 2. The van der Waals surface area contributed by atoms with Crippen LogP contribution in [-0.4, -0.2) is 20.8 Å². The van der Waals surface area contributed by atoms with E-state index in [9.17, 15) is 5.11 Å².